The van der Waals surface area contributed by atoms with Crippen molar-refractivity contribution in [3.05, 3.63) is 0 Å². The molecule has 0 aliphatic carbocycles. The summed E-state index contributed by atoms with van der Waals surface area (Å²) in [6.45, 7) is 4.03. The normalized spacial score (nSPS) is 10.2. The Hall–Kier alpha value is 0.620. The maximum atomic E-state index is 4.07. The van der Waals surface area contributed by atoms with Gasteiger partial charge < -0.3 is 10.6 Å². The van der Waals surface area contributed by atoms with Crippen molar-refractivity contribution in [1.29, 1.82) is 0 Å². The molecule has 62 valence electrons. The van der Waals surface area contributed by atoms with Crippen LogP contribution in [0.1, 0.15) is 0 Å². The van der Waals surface area contributed by atoms with Crippen molar-refractivity contribution in [2.75, 3.05) is 37.7 Å². The Bertz CT molecular complexity index is 53.7. The third kappa shape index (κ3) is 8.62. The Kier molecular flexibility index (Phi) is 10.2. The summed E-state index contributed by atoms with van der Waals surface area (Å²) in [6.07, 6.45) is 0. The lowest BCUT2D eigenvalue weighted by Gasteiger charge is -2.02. The zero-order valence-electron chi connectivity index (χ0n) is 6.14. The van der Waals surface area contributed by atoms with Crippen molar-refractivity contribution >= 4 is 25.3 Å². The van der Waals surface area contributed by atoms with Gasteiger partial charge in [0.2, 0.25) is 0 Å². The fourth-order valence-corrected chi connectivity index (χ4v) is 0.901. The molecular formula is C6H16N2S2. The van der Waals surface area contributed by atoms with Gasteiger partial charge in [0.15, 0.2) is 0 Å². The minimum absolute atomic E-state index is 0.909. The van der Waals surface area contributed by atoms with Gasteiger partial charge in [-0.2, -0.15) is 25.3 Å². The first-order valence-electron chi connectivity index (χ1n) is 3.55. The first-order chi connectivity index (χ1) is 4.91. The molecule has 0 aromatic carbocycles. The van der Waals surface area contributed by atoms with E-state index in [2.05, 4.69) is 35.9 Å². The molecule has 0 radical (unpaired) electrons. The van der Waals surface area contributed by atoms with Crippen LogP contribution in [0.15, 0.2) is 0 Å². The second-order valence-corrected chi connectivity index (χ2v) is 2.84. The Morgan fingerprint density at radius 2 is 1.10 bits per heavy atom. The van der Waals surface area contributed by atoms with Crippen LogP contribution in [0.25, 0.3) is 0 Å². The van der Waals surface area contributed by atoms with Crippen molar-refractivity contribution in [3.8, 4) is 0 Å². The van der Waals surface area contributed by atoms with Crippen LogP contribution in [-0.4, -0.2) is 37.7 Å². The van der Waals surface area contributed by atoms with Crippen LogP contribution in [0.4, 0.5) is 0 Å². The van der Waals surface area contributed by atoms with E-state index in [4.69, 9.17) is 0 Å². The summed E-state index contributed by atoms with van der Waals surface area (Å²) in [5, 5.41) is 6.46. The van der Waals surface area contributed by atoms with Crippen molar-refractivity contribution in [3.63, 3.8) is 0 Å². The maximum absolute atomic E-state index is 4.07. The summed E-state index contributed by atoms with van der Waals surface area (Å²) in [5.74, 6) is 1.82. The molecule has 0 atom stereocenters. The minimum atomic E-state index is 0.909. The third-order valence-corrected chi connectivity index (χ3v) is 1.50. The smallest absolute Gasteiger partial charge is 0.00770 e. The van der Waals surface area contributed by atoms with E-state index >= 15 is 0 Å². The van der Waals surface area contributed by atoms with Gasteiger partial charge in [-0.05, 0) is 0 Å². The number of thiol groups is 2. The van der Waals surface area contributed by atoms with E-state index in [9.17, 15) is 0 Å². The van der Waals surface area contributed by atoms with Crippen LogP contribution in [0, 0.1) is 0 Å². The quantitative estimate of drug-likeness (QED) is 0.328. The van der Waals surface area contributed by atoms with E-state index in [0.717, 1.165) is 37.7 Å². The second kappa shape index (κ2) is 9.62. The average Bonchev–Trinajstić information content (AvgIpc) is 1.97. The van der Waals surface area contributed by atoms with Crippen LogP contribution in [0.2, 0.25) is 0 Å². The zero-order valence-corrected chi connectivity index (χ0v) is 7.93. The van der Waals surface area contributed by atoms with Crippen molar-refractivity contribution in [2.24, 2.45) is 0 Å². The predicted octanol–water partition coefficient (Wildman–Crippen LogP) is 0.0252. The van der Waals surface area contributed by atoms with E-state index in [0.29, 0.717) is 0 Å². The van der Waals surface area contributed by atoms with Gasteiger partial charge >= 0.3 is 0 Å². The number of hydrogen-bond donors (Lipinski definition) is 4. The fourth-order valence-electron chi connectivity index (χ4n) is 0.585. The molecule has 0 aliphatic rings. The molecule has 0 unspecified atom stereocenters. The summed E-state index contributed by atoms with van der Waals surface area (Å²) in [4.78, 5) is 0. The van der Waals surface area contributed by atoms with E-state index in [1.54, 1.807) is 0 Å². The SMILES string of the molecule is SCCNCCNCCS. The third-order valence-electron chi connectivity index (χ3n) is 1.06. The standard InChI is InChI=1S/C6H16N2S2/c9-5-3-7-1-2-8-4-6-10/h7-10H,1-6H2. The molecule has 0 spiro atoms. The number of hydrogen-bond acceptors (Lipinski definition) is 4. The molecule has 2 N–H and O–H groups in total. The maximum Gasteiger partial charge on any atom is 0.00770 e. The topological polar surface area (TPSA) is 24.1 Å². The van der Waals surface area contributed by atoms with E-state index in [-0.39, 0.29) is 0 Å². The van der Waals surface area contributed by atoms with Crippen LogP contribution in [0.3, 0.4) is 0 Å². The monoisotopic (exact) mass is 180 g/mol. The van der Waals surface area contributed by atoms with Crippen LogP contribution in [0.5, 0.6) is 0 Å². The molecule has 4 heteroatoms. The second-order valence-electron chi connectivity index (χ2n) is 1.95. The van der Waals surface area contributed by atoms with Gasteiger partial charge in [0, 0.05) is 37.7 Å². The first kappa shape index (κ1) is 10.6. The molecule has 10 heavy (non-hydrogen) atoms. The molecule has 0 saturated carbocycles. The minimum Gasteiger partial charge on any atom is -0.315 e. The number of rotatable bonds is 7. The molecule has 0 saturated heterocycles. The van der Waals surface area contributed by atoms with Gasteiger partial charge in [0.1, 0.15) is 0 Å². The Balaban J connectivity index is 2.65. The molecule has 0 fully saturated rings. The lowest BCUT2D eigenvalue weighted by molar-refractivity contribution is 0.646. The highest BCUT2D eigenvalue weighted by molar-refractivity contribution is 7.80. The van der Waals surface area contributed by atoms with Gasteiger partial charge in [-0.15, -0.1) is 0 Å². The van der Waals surface area contributed by atoms with Gasteiger partial charge in [-0.1, -0.05) is 0 Å². The van der Waals surface area contributed by atoms with Gasteiger partial charge in [-0.3, -0.25) is 0 Å². The lowest BCUT2D eigenvalue weighted by atomic mass is 10.5. The van der Waals surface area contributed by atoms with Crippen molar-refractivity contribution in [1.82, 2.24) is 10.6 Å². The summed E-state index contributed by atoms with van der Waals surface area (Å²) in [5.41, 5.74) is 0. The van der Waals surface area contributed by atoms with Crippen LogP contribution < -0.4 is 10.6 Å². The molecule has 0 aliphatic heterocycles. The summed E-state index contributed by atoms with van der Waals surface area (Å²) in [7, 11) is 0. The van der Waals surface area contributed by atoms with Gasteiger partial charge in [0.25, 0.3) is 0 Å². The van der Waals surface area contributed by atoms with Gasteiger partial charge in [0.05, 0.1) is 0 Å². The first-order valence-corrected chi connectivity index (χ1v) is 4.81. The summed E-state index contributed by atoms with van der Waals surface area (Å²) >= 11 is 8.14. The Labute approximate surface area is 74.0 Å². The van der Waals surface area contributed by atoms with Crippen LogP contribution in [-0.2, 0) is 0 Å². The summed E-state index contributed by atoms with van der Waals surface area (Å²) < 4.78 is 0. The Morgan fingerprint density at radius 1 is 0.700 bits per heavy atom. The van der Waals surface area contributed by atoms with Crippen molar-refractivity contribution < 1.29 is 0 Å². The Morgan fingerprint density at radius 3 is 1.40 bits per heavy atom. The molecule has 0 bridgehead atoms. The van der Waals surface area contributed by atoms with Crippen LogP contribution >= 0.6 is 25.3 Å². The number of nitrogens with one attached hydrogen (secondary N) is 2. The average molecular weight is 180 g/mol. The molecule has 0 heterocycles. The zero-order chi connectivity index (χ0) is 7.66. The fraction of sp³-hybridized carbons (Fsp3) is 1.00. The molecule has 0 rings (SSSR count). The summed E-state index contributed by atoms with van der Waals surface area (Å²) in [6, 6.07) is 0. The highest BCUT2D eigenvalue weighted by Crippen LogP contribution is 1.69. The highest BCUT2D eigenvalue weighted by Gasteiger charge is 1.84. The van der Waals surface area contributed by atoms with E-state index < -0.39 is 0 Å². The molecule has 2 nitrogen and oxygen atoms in total. The molecule has 0 aromatic rings. The van der Waals surface area contributed by atoms with E-state index in [1.807, 2.05) is 0 Å². The molecule has 0 aromatic heterocycles. The molecular weight excluding hydrogens is 164 g/mol. The lowest BCUT2D eigenvalue weighted by Crippen LogP contribution is -2.29. The molecule has 0 amide bonds. The van der Waals surface area contributed by atoms with Gasteiger partial charge in [-0.25, -0.2) is 0 Å². The van der Waals surface area contributed by atoms with Crippen molar-refractivity contribution in [2.45, 2.75) is 0 Å². The predicted molar refractivity (Wildman–Crippen MR) is 53.4 cm³/mol. The largest absolute Gasteiger partial charge is 0.315 e. The highest BCUT2D eigenvalue weighted by atomic mass is 32.1. The van der Waals surface area contributed by atoms with E-state index in [1.165, 1.54) is 0 Å².